The molecule has 0 aliphatic heterocycles. The highest BCUT2D eigenvalue weighted by Gasteiger charge is 2.00. The minimum atomic E-state index is 0.492. The minimum Gasteiger partial charge on any atom is -0.295 e. The summed E-state index contributed by atoms with van der Waals surface area (Å²) in [7, 11) is 26.2. The van der Waals surface area contributed by atoms with Gasteiger partial charge in [-0.3, -0.25) is 14.7 Å². The monoisotopic (exact) mass is 163 g/mol. The van der Waals surface area contributed by atoms with Crippen LogP contribution in [-0.4, -0.2) is 40.9 Å². The van der Waals surface area contributed by atoms with Crippen LogP contribution in [0.1, 0.15) is 0 Å². The first-order valence-electron chi connectivity index (χ1n) is 3.56. The molecule has 10 radical (unpaired) electrons. The first-order valence-corrected chi connectivity index (χ1v) is 3.56. The third kappa shape index (κ3) is 7.98. The molecule has 0 amide bonds. The topological polar surface area (TPSA) is 9.72 Å². The number of nitrogens with zero attached hydrogens (tertiary/aromatic N) is 3. The molecule has 0 aromatic carbocycles. The molecule has 12 heavy (non-hydrogen) atoms. The number of hydrogen-bond donors (Lipinski definition) is 0. The van der Waals surface area contributed by atoms with E-state index < -0.39 is 0 Å². The molecule has 64 valence electrons. The second-order valence-corrected chi connectivity index (χ2v) is 2.51. The van der Waals surface area contributed by atoms with Crippen molar-refractivity contribution < 1.29 is 0 Å². The summed E-state index contributed by atoms with van der Waals surface area (Å²) in [5, 5.41) is 0. The van der Waals surface area contributed by atoms with Gasteiger partial charge in [-0.05, 0) is 0 Å². The van der Waals surface area contributed by atoms with Crippen LogP contribution in [0.4, 0.5) is 0 Å². The average molecular weight is 163 g/mol. The Morgan fingerprint density at radius 2 is 0.917 bits per heavy atom. The van der Waals surface area contributed by atoms with E-state index in [1.165, 1.54) is 0 Å². The lowest BCUT2D eigenvalue weighted by Gasteiger charge is -2.19. The van der Waals surface area contributed by atoms with Crippen molar-refractivity contribution >= 4 is 0 Å². The second kappa shape index (κ2) is 6.40. The lowest BCUT2D eigenvalue weighted by molar-refractivity contribution is 0.303. The van der Waals surface area contributed by atoms with Crippen molar-refractivity contribution in [2.45, 2.75) is 0 Å². The van der Waals surface area contributed by atoms with E-state index in [-0.39, 0.29) is 0 Å². The van der Waals surface area contributed by atoms with Crippen molar-refractivity contribution in [1.82, 2.24) is 14.7 Å². The van der Waals surface area contributed by atoms with E-state index in [4.69, 9.17) is 35.2 Å². The summed E-state index contributed by atoms with van der Waals surface area (Å²) in [5.41, 5.74) is 0. The predicted molar refractivity (Wildman–Crippen MR) is 46.5 cm³/mol. The maximum Gasteiger partial charge on any atom is 0.0443 e. The lowest BCUT2D eigenvalue weighted by atomic mass is 10.4. The molecule has 3 heteroatoms. The molecule has 0 aromatic rings. The fourth-order valence-electron chi connectivity index (χ4n) is 0.600. The summed E-state index contributed by atoms with van der Waals surface area (Å²) in [4.78, 5) is 3.68. The maximum atomic E-state index is 5.53. The fraction of sp³-hybridized carbons (Fsp3) is 0.444. The molecule has 0 aromatic heterocycles. The molecule has 0 aliphatic carbocycles. The molecule has 0 saturated heterocycles. The van der Waals surface area contributed by atoms with Gasteiger partial charge in [-0.25, -0.2) is 0 Å². The fourth-order valence-corrected chi connectivity index (χ4v) is 0.600. The molecule has 0 unspecified atom stereocenters. The van der Waals surface area contributed by atoms with Gasteiger partial charge in [-0.1, -0.05) is 0 Å². The highest BCUT2D eigenvalue weighted by molar-refractivity contribution is 4.63. The van der Waals surface area contributed by atoms with Gasteiger partial charge in [-0.15, -0.1) is 0 Å². The Labute approximate surface area is 76.9 Å². The quantitative estimate of drug-likeness (QED) is 0.519. The van der Waals surface area contributed by atoms with E-state index in [0.717, 1.165) is 9.80 Å². The molecule has 0 aliphatic rings. The van der Waals surface area contributed by atoms with Crippen molar-refractivity contribution in [2.75, 3.05) is 26.2 Å². The smallest absolute Gasteiger partial charge is 0.0443 e. The van der Waals surface area contributed by atoms with Crippen LogP contribution in [0.5, 0.6) is 0 Å². The van der Waals surface area contributed by atoms with E-state index >= 15 is 0 Å². The Morgan fingerprint density at radius 1 is 0.583 bits per heavy atom. The molecule has 0 heterocycles. The largest absolute Gasteiger partial charge is 0.295 e. The van der Waals surface area contributed by atoms with Gasteiger partial charge in [0.2, 0.25) is 0 Å². The number of rotatable bonds is 6. The Hall–Kier alpha value is -0.120. The molecular formula is C9H13N3. The third-order valence-corrected chi connectivity index (χ3v) is 1.29. The molecule has 3 nitrogen and oxygen atoms in total. The molecule has 0 spiro atoms. The van der Waals surface area contributed by atoms with Gasteiger partial charge < -0.3 is 0 Å². The zero-order valence-electron chi connectivity index (χ0n) is 7.06. The van der Waals surface area contributed by atoms with Gasteiger partial charge in [-0.2, -0.15) is 0 Å². The standard InChI is InChI=1S/C9H13N3/c1-10(2)6-8-12(5)9-7-11(3)4/h1-5H,6-9H2. The maximum absolute atomic E-state index is 5.53. The van der Waals surface area contributed by atoms with Crippen molar-refractivity contribution in [3.05, 3.63) is 35.2 Å². The van der Waals surface area contributed by atoms with Crippen LogP contribution in [0.15, 0.2) is 0 Å². The first-order chi connectivity index (χ1) is 5.52. The van der Waals surface area contributed by atoms with Crippen LogP contribution in [0, 0.1) is 35.2 Å². The van der Waals surface area contributed by atoms with Gasteiger partial charge in [0, 0.05) is 61.4 Å². The molecule has 0 fully saturated rings. The third-order valence-electron chi connectivity index (χ3n) is 1.29. The van der Waals surface area contributed by atoms with E-state index in [0.29, 0.717) is 26.2 Å². The van der Waals surface area contributed by atoms with Gasteiger partial charge in [0.15, 0.2) is 0 Å². The summed E-state index contributed by atoms with van der Waals surface area (Å²) >= 11 is 0. The van der Waals surface area contributed by atoms with E-state index in [2.05, 4.69) is 0 Å². The van der Waals surface area contributed by atoms with E-state index in [1.54, 1.807) is 4.90 Å². The second-order valence-electron chi connectivity index (χ2n) is 2.51. The van der Waals surface area contributed by atoms with Crippen molar-refractivity contribution in [2.24, 2.45) is 0 Å². The molecule has 0 saturated carbocycles. The Morgan fingerprint density at radius 3 is 1.17 bits per heavy atom. The van der Waals surface area contributed by atoms with Crippen LogP contribution in [0.25, 0.3) is 0 Å². The van der Waals surface area contributed by atoms with Crippen LogP contribution in [0.3, 0.4) is 0 Å². The van der Waals surface area contributed by atoms with E-state index in [1.807, 2.05) is 0 Å². The molecule has 0 N–H and O–H groups in total. The van der Waals surface area contributed by atoms with Crippen LogP contribution in [-0.2, 0) is 0 Å². The highest BCUT2D eigenvalue weighted by Crippen LogP contribution is 1.89. The molecule has 0 bridgehead atoms. The van der Waals surface area contributed by atoms with Crippen LogP contribution in [0.2, 0.25) is 0 Å². The van der Waals surface area contributed by atoms with E-state index in [9.17, 15) is 0 Å². The Balaban J connectivity index is 3.27. The van der Waals surface area contributed by atoms with Crippen molar-refractivity contribution in [3.63, 3.8) is 0 Å². The first kappa shape index (κ1) is 11.9. The van der Waals surface area contributed by atoms with Crippen LogP contribution >= 0.6 is 0 Å². The molecule has 0 rings (SSSR count). The highest BCUT2D eigenvalue weighted by atomic mass is 15.2. The molecular weight excluding hydrogens is 150 g/mol. The lowest BCUT2D eigenvalue weighted by Crippen LogP contribution is -2.30. The number of hydrogen-bond acceptors (Lipinski definition) is 3. The Kier molecular flexibility index (Phi) is 6.34. The molecule has 0 atom stereocenters. The van der Waals surface area contributed by atoms with Crippen molar-refractivity contribution in [1.29, 1.82) is 0 Å². The summed E-state index contributed by atoms with van der Waals surface area (Å²) in [6.07, 6.45) is 0. The Bertz CT molecular complexity index is 89.9. The SMILES string of the molecule is [CH]N([CH])CCN([CH])CCN([CH])[CH]. The van der Waals surface area contributed by atoms with Gasteiger partial charge in [0.05, 0.1) is 0 Å². The van der Waals surface area contributed by atoms with Gasteiger partial charge in [0.1, 0.15) is 0 Å². The minimum absolute atomic E-state index is 0.492. The van der Waals surface area contributed by atoms with Crippen molar-refractivity contribution in [3.8, 4) is 0 Å². The zero-order chi connectivity index (χ0) is 9.56. The van der Waals surface area contributed by atoms with Gasteiger partial charge in [0.25, 0.3) is 0 Å². The normalized spacial score (nSPS) is 12.0. The predicted octanol–water partition coefficient (Wildman–Crippen LogP) is 0.235. The summed E-state index contributed by atoms with van der Waals surface area (Å²) in [6, 6.07) is 0. The summed E-state index contributed by atoms with van der Waals surface area (Å²) < 4.78 is 0. The zero-order valence-corrected chi connectivity index (χ0v) is 7.06. The average Bonchev–Trinajstić information content (AvgIpc) is 1.96. The van der Waals surface area contributed by atoms with Crippen LogP contribution < -0.4 is 0 Å². The summed E-state index contributed by atoms with van der Waals surface area (Å²) in [5.74, 6) is 0. The summed E-state index contributed by atoms with van der Waals surface area (Å²) in [6.45, 7) is 2.12. The van der Waals surface area contributed by atoms with Gasteiger partial charge >= 0.3 is 0 Å².